The summed E-state index contributed by atoms with van der Waals surface area (Å²) >= 11 is 0.800. The second-order valence-electron chi connectivity index (χ2n) is 3.04. The van der Waals surface area contributed by atoms with Gasteiger partial charge in [0.25, 0.3) is 10.0 Å². The largest absolute Gasteiger partial charge is 0.476 e. The standard InChI is InChI=1S/C8H12N2O4S2/c1-2-3-4-10-16(13,14)8-6(7(11)12)9-5-15-8/h5,10H,2-4H2,1H3,(H,11,12). The minimum absolute atomic E-state index is 0.240. The maximum Gasteiger partial charge on any atom is 0.356 e. The molecule has 2 N–H and O–H groups in total. The zero-order valence-corrected chi connectivity index (χ0v) is 10.3. The van der Waals surface area contributed by atoms with E-state index in [1.165, 1.54) is 5.51 Å². The molecule has 16 heavy (non-hydrogen) atoms. The minimum Gasteiger partial charge on any atom is -0.476 e. The number of thiazole rings is 1. The molecule has 1 rings (SSSR count). The van der Waals surface area contributed by atoms with Crippen LogP contribution in [0.4, 0.5) is 0 Å². The lowest BCUT2D eigenvalue weighted by molar-refractivity contribution is 0.0687. The number of hydrogen-bond donors (Lipinski definition) is 2. The van der Waals surface area contributed by atoms with E-state index < -0.39 is 21.7 Å². The number of aromatic carboxylic acids is 1. The summed E-state index contributed by atoms with van der Waals surface area (Å²) in [4.78, 5) is 14.2. The maximum absolute atomic E-state index is 11.7. The van der Waals surface area contributed by atoms with Crippen molar-refractivity contribution >= 4 is 27.3 Å². The first-order chi connectivity index (χ1) is 7.49. The molecule has 0 aliphatic rings. The van der Waals surface area contributed by atoms with Gasteiger partial charge < -0.3 is 5.11 Å². The van der Waals surface area contributed by atoms with Crippen LogP contribution in [0.1, 0.15) is 30.3 Å². The summed E-state index contributed by atoms with van der Waals surface area (Å²) in [5.41, 5.74) is 0.784. The Morgan fingerprint density at radius 3 is 2.88 bits per heavy atom. The van der Waals surface area contributed by atoms with Crippen molar-refractivity contribution in [1.29, 1.82) is 0 Å². The highest BCUT2D eigenvalue weighted by Gasteiger charge is 2.24. The van der Waals surface area contributed by atoms with Crippen molar-refractivity contribution in [3.05, 3.63) is 11.2 Å². The van der Waals surface area contributed by atoms with Gasteiger partial charge in [0.05, 0.1) is 5.51 Å². The number of nitrogens with zero attached hydrogens (tertiary/aromatic N) is 1. The lowest BCUT2D eigenvalue weighted by atomic mass is 10.3. The quantitative estimate of drug-likeness (QED) is 0.745. The van der Waals surface area contributed by atoms with Crippen molar-refractivity contribution in [1.82, 2.24) is 9.71 Å². The highest BCUT2D eigenvalue weighted by Crippen LogP contribution is 2.19. The van der Waals surface area contributed by atoms with E-state index in [0.717, 1.165) is 17.8 Å². The lowest BCUT2D eigenvalue weighted by Crippen LogP contribution is -2.25. The van der Waals surface area contributed by atoms with Crippen LogP contribution in [-0.4, -0.2) is 31.0 Å². The molecule has 0 saturated heterocycles. The molecule has 0 unspecified atom stereocenters. The first-order valence-corrected chi connectivity index (χ1v) is 7.01. The van der Waals surface area contributed by atoms with E-state index in [0.29, 0.717) is 13.0 Å². The van der Waals surface area contributed by atoms with Gasteiger partial charge >= 0.3 is 5.97 Å². The number of unbranched alkanes of at least 4 members (excludes halogenated alkanes) is 1. The molecule has 0 atom stereocenters. The molecule has 0 radical (unpaired) electrons. The summed E-state index contributed by atoms with van der Waals surface area (Å²) in [6.45, 7) is 2.24. The SMILES string of the molecule is CCCCNS(=O)(=O)c1scnc1C(=O)O. The molecule has 0 amide bonds. The van der Waals surface area contributed by atoms with Crippen LogP contribution in [0.2, 0.25) is 0 Å². The molecule has 0 aromatic carbocycles. The van der Waals surface area contributed by atoms with Gasteiger partial charge in [0, 0.05) is 6.54 Å². The van der Waals surface area contributed by atoms with E-state index in [2.05, 4.69) is 9.71 Å². The molecule has 1 aromatic rings. The number of carbonyl (C=O) groups is 1. The Balaban J connectivity index is 2.90. The van der Waals surface area contributed by atoms with Crippen LogP contribution in [-0.2, 0) is 10.0 Å². The molecule has 1 aromatic heterocycles. The Kier molecular flexibility index (Phi) is 4.39. The third kappa shape index (κ3) is 3.00. The fourth-order valence-corrected chi connectivity index (χ4v) is 3.27. The van der Waals surface area contributed by atoms with E-state index in [1.807, 2.05) is 6.92 Å². The molecule has 0 bridgehead atoms. The fraction of sp³-hybridized carbons (Fsp3) is 0.500. The van der Waals surface area contributed by atoms with Crippen LogP contribution in [0.3, 0.4) is 0 Å². The third-order valence-corrected chi connectivity index (χ3v) is 4.63. The predicted octanol–water partition coefficient (Wildman–Crippen LogP) is 0.920. The van der Waals surface area contributed by atoms with Crippen molar-refractivity contribution < 1.29 is 18.3 Å². The normalized spacial score (nSPS) is 11.6. The second kappa shape index (κ2) is 5.37. The van der Waals surface area contributed by atoms with E-state index in [4.69, 9.17) is 5.11 Å². The Bertz CT molecular complexity index is 466. The van der Waals surface area contributed by atoms with Crippen LogP contribution in [0.5, 0.6) is 0 Å². The highest BCUT2D eigenvalue weighted by atomic mass is 32.2. The van der Waals surface area contributed by atoms with Gasteiger partial charge in [0.2, 0.25) is 0 Å². The number of aromatic nitrogens is 1. The Morgan fingerprint density at radius 1 is 1.62 bits per heavy atom. The first kappa shape index (κ1) is 13.1. The summed E-state index contributed by atoms with van der Waals surface area (Å²) in [5, 5.41) is 8.74. The predicted molar refractivity (Wildman–Crippen MR) is 59.2 cm³/mol. The Hall–Kier alpha value is -0.990. The number of carboxylic acids is 1. The number of hydrogen-bond acceptors (Lipinski definition) is 5. The second-order valence-corrected chi connectivity index (χ2v) is 5.86. The van der Waals surface area contributed by atoms with Gasteiger partial charge in [-0.05, 0) is 6.42 Å². The molecular weight excluding hydrogens is 252 g/mol. The molecule has 0 saturated carbocycles. The Labute approximate surface area is 97.4 Å². The van der Waals surface area contributed by atoms with Gasteiger partial charge in [0.1, 0.15) is 0 Å². The van der Waals surface area contributed by atoms with Crippen LogP contribution in [0.15, 0.2) is 9.72 Å². The maximum atomic E-state index is 11.7. The monoisotopic (exact) mass is 264 g/mol. The molecule has 0 spiro atoms. The highest BCUT2D eigenvalue weighted by molar-refractivity contribution is 7.91. The van der Waals surface area contributed by atoms with E-state index in [-0.39, 0.29) is 4.21 Å². The van der Waals surface area contributed by atoms with Gasteiger partial charge in [-0.25, -0.2) is 22.9 Å². The van der Waals surface area contributed by atoms with Crippen molar-refractivity contribution in [2.45, 2.75) is 24.0 Å². The summed E-state index contributed by atoms with van der Waals surface area (Å²) in [6.07, 6.45) is 1.57. The summed E-state index contributed by atoms with van der Waals surface area (Å²) in [5.74, 6) is -1.34. The van der Waals surface area contributed by atoms with E-state index >= 15 is 0 Å². The Morgan fingerprint density at radius 2 is 2.31 bits per heavy atom. The van der Waals surface area contributed by atoms with E-state index in [9.17, 15) is 13.2 Å². The molecule has 0 aliphatic heterocycles. The van der Waals surface area contributed by atoms with Crippen LogP contribution in [0.25, 0.3) is 0 Å². The van der Waals surface area contributed by atoms with Gasteiger partial charge in [-0.15, -0.1) is 11.3 Å². The molecule has 0 fully saturated rings. The number of rotatable bonds is 6. The van der Waals surface area contributed by atoms with Crippen LogP contribution < -0.4 is 4.72 Å². The van der Waals surface area contributed by atoms with Crippen molar-refractivity contribution in [3.63, 3.8) is 0 Å². The van der Waals surface area contributed by atoms with Gasteiger partial charge in [-0.1, -0.05) is 13.3 Å². The van der Waals surface area contributed by atoms with Gasteiger partial charge in [-0.3, -0.25) is 0 Å². The third-order valence-electron chi connectivity index (χ3n) is 1.80. The van der Waals surface area contributed by atoms with Crippen LogP contribution in [0, 0.1) is 0 Å². The van der Waals surface area contributed by atoms with Crippen molar-refractivity contribution in [2.75, 3.05) is 6.54 Å². The molecule has 6 nitrogen and oxygen atoms in total. The minimum atomic E-state index is -3.74. The number of carboxylic acid groups (broad SMARTS) is 1. The zero-order chi connectivity index (χ0) is 12.2. The summed E-state index contributed by atoms with van der Waals surface area (Å²) in [6, 6.07) is 0. The summed E-state index contributed by atoms with van der Waals surface area (Å²) < 4.78 is 25.5. The zero-order valence-electron chi connectivity index (χ0n) is 8.63. The van der Waals surface area contributed by atoms with Crippen LogP contribution >= 0.6 is 11.3 Å². The lowest BCUT2D eigenvalue weighted by Gasteiger charge is -2.03. The smallest absolute Gasteiger partial charge is 0.356 e. The molecular formula is C8H12N2O4S2. The van der Waals surface area contributed by atoms with Gasteiger partial charge in [0.15, 0.2) is 9.90 Å². The van der Waals surface area contributed by atoms with E-state index in [1.54, 1.807) is 0 Å². The average molecular weight is 264 g/mol. The molecule has 8 heteroatoms. The molecule has 0 aliphatic carbocycles. The summed E-state index contributed by atoms with van der Waals surface area (Å²) in [7, 11) is -3.74. The van der Waals surface area contributed by atoms with Gasteiger partial charge in [-0.2, -0.15) is 0 Å². The molecule has 90 valence electrons. The first-order valence-electron chi connectivity index (χ1n) is 4.65. The average Bonchev–Trinajstić information content (AvgIpc) is 2.66. The molecule has 1 heterocycles. The topological polar surface area (TPSA) is 96.4 Å². The number of nitrogens with one attached hydrogen (secondary N) is 1. The fourth-order valence-electron chi connectivity index (χ4n) is 1.02. The number of sulfonamides is 1. The van der Waals surface area contributed by atoms with Crippen molar-refractivity contribution in [3.8, 4) is 0 Å². The van der Waals surface area contributed by atoms with Crippen molar-refractivity contribution in [2.24, 2.45) is 0 Å².